The molecule has 2 rings (SSSR count). The molecule has 0 aromatic heterocycles. The van der Waals surface area contributed by atoms with Crippen molar-refractivity contribution in [3.63, 3.8) is 0 Å². The molecule has 0 fully saturated rings. The Hall–Kier alpha value is -2.07. The molecule has 4 heteroatoms. The number of benzene rings is 2. The molecule has 1 unspecified atom stereocenters. The highest BCUT2D eigenvalue weighted by Crippen LogP contribution is 2.25. The van der Waals surface area contributed by atoms with Crippen LogP contribution < -0.4 is 15.8 Å². The van der Waals surface area contributed by atoms with Crippen molar-refractivity contribution in [2.75, 3.05) is 19.0 Å². The van der Waals surface area contributed by atoms with E-state index in [-0.39, 0.29) is 17.6 Å². The number of hydrogen-bond acceptors (Lipinski definition) is 3. The van der Waals surface area contributed by atoms with Crippen LogP contribution in [0.4, 0.5) is 10.1 Å². The normalized spacial score (nSPS) is 12.0. The van der Waals surface area contributed by atoms with Crippen LogP contribution in [0, 0.1) is 12.7 Å². The molecule has 1 atom stereocenters. The van der Waals surface area contributed by atoms with E-state index in [1.54, 1.807) is 12.1 Å². The van der Waals surface area contributed by atoms with Gasteiger partial charge in [-0.2, -0.15) is 0 Å². The highest BCUT2D eigenvalue weighted by Gasteiger charge is 2.11. The molecule has 2 aromatic rings. The van der Waals surface area contributed by atoms with Crippen molar-refractivity contribution in [3.05, 3.63) is 59.4 Å². The maximum atomic E-state index is 13.4. The second-order valence-corrected chi connectivity index (χ2v) is 4.70. The lowest BCUT2D eigenvalue weighted by atomic mass is 10.0. The van der Waals surface area contributed by atoms with Crippen LogP contribution in [0.3, 0.4) is 0 Å². The Morgan fingerprint density at radius 2 is 2.05 bits per heavy atom. The van der Waals surface area contributed by atoms with Crippen molar-refractivity contribution in [2.45, 2.75) is 13.0 Å². The minimum atomic E-state index is -0.377. The van der Waals surface area contributed by atoms with E-state index in [2.05, 4.69) is 11.4 Å². The Morgan fingerprint density at radius 3 is 2.70 bits per heavy atom. The first kappa shape index (κ1) is 14.3. The van der Waals surface area contributed by atoms with E-state index in [1.165, 1.54) is 18.7 Å². The van der Waals surface area contributed by atoms with Gasteiger partial charge in [-0.15, -0.1) is 0 Å². The smallest absolute Gasteiger partial charge is 0.165 e. The minimum absolute atomic E-state index is 0.0231. The Bertz CT molecular complexity index is 586. The molecule has 0 saturated heterocycles. The van der Waals surface area contributed by atoms with Gasteiger partial charge < -0.3 is 15.8 Å². The lowest BCUT2D eigenvalue weighted by molar-refractivity contribution is 0.386. The molecule has 0 spiro atoms. The third kappa shape index (κ3) is 3.27. The predicted molar refractivity (Wildman–Crippen MR) is 79.5 cm³/mol. The van der Waals surface area contributed by atoms with Crippen molar-refractivity contribution in [3.8, 4) is 5.75 Å². The molecule has 0 aliphatic rings. The maximum absolute atomic E-state index is 13.4. The van der Waals surface area contributed by atoms with E-state index in [0.717, 1.165) is 11.3 Å². The molecule has 2 aromatic carbocycles. The SMILES string of the molecule is COc1cc(NC(CN)c2cccc(C)c2)ccc1F. The molecule has 0 saturated carbocycles. The largest absolute Gasteiger partial charge is 0.494 e. The van der Waals surface area contributed by atoms with E-state index in [0.29, 0.717) is 6.54 Å². The molecule has 3 N–H and O–H groups in total. The first-order chi connectivity index (χ1) is 9.63. The fourth-order valence-electron chi connectivity index (χ4n) is 2.12. The molecule has 0 aliphatic carbocycles. The summed E-state index contributed by atoms with van der Waals surface area (Å²) in [5.74, 6) is -0.159. The van der Waals surface area contributed by atoms with E-state index in [4.69, 9.17) is 10.5 Å². The first-order valence-electron chi connectivity index (χ1n) is 6.50. The third-order valence-corrected chi connectivity index (χ3v) is 3.17. The number of rotatable bonds is 5. The van der Waals surface area contributed by atoms with E-state index >= 15 is 0 Å². The molecule has 106 valence electrons. The molecule has 0 bridgehead atoms. The summed E-state index contributed by atoms with van der Waals surface area (Å²) in [6.45, 7) is 2.49. The number of anilines is 1. The van der Waals surface area contributed by atoms with Crippen LogP contribution in [0.15, 0.2) is 42.5 Å². The fraction of sp³-hybridized carbons (Fsp3) is 0.250. The zero-order valence-electron chi connectivity index (χ0n) is 11.7. The van der Waals surface area contributed by atoms with Gasteiger partial charge in [0.15, 0.2) is 11.6 Å². The maximum Gasteiger partial charge on any atom is 0.165 e. The summed E-state index contributed by atoms with van der Waals surface area (Å²) in [6.07, 6.45) is 0. The summed E-state index contributed by atoms with van der Waals surface area (Å²) in [7, 11) is 1.45. The summed E-state index contributed by atoms with van der Waals surface area (Å²) in [4.78, 5) is 0. The van der Waals surface area contributed by atoms with E-state index in [9.17, 15) is 4.39 Å². The van der Waals surface area contributed by atoms with Crippen molar-refractivity contribution < 1.29 is 9.13 Å². The lowest BCUT2D eigenvalue weighted by Gasteiger charge is -2.19. The molecule has 3 nitrogen and oxygen atoms in total. The Balaban J connectivity index is 2.22. The molecule has 0 heterocycles. The van der Waals surface area contributed by atoms with Crippen LogP contribution in [0.2, 0.25) is 0 Å². The molecule has 20 heavy (non-hydrogen) atoms. The number of nitrogens with one attached hydrogen (secondary N) is 1. The number of nitrogens with two attached hydrogens (primary N) is 1. The Morgan fingerprint density at radius 1 is 1.25 bits per heavy atom. The van der Waals surface area contributed by atoms with Crippen molar-refractivity contribution in [1.29, 1.82) is 0 Å². The van der Waals surface area contributed by atoms with Gasteiger partial charge in [0.25, 0.3) is 0 Å². The van der Waals surface area contributed by atoms with Gasteiger partial charge in [-0.25, -0.2) is 4.39 Å². The van der Waals surface area contributed by atoms with Gasteiger partial charge in [-0.1, -0.05) is 29.8 Å². The van der Waals surface area contributed by atoms with Gasteiger partial charge in [-0.05, 0) is 24.6 Å². The lowest BCUT2D eigenvalue weighted by Crippen LogP contribution is -2.20. The number of halogens is 1. The molecule has 0 amide bonds. The Kier molecular flexibility index (Phi) is 4.58. The van der Waals surface area contributed by atoms with Gasteiger partial charge in [0.2, 0.25) is 0 Å². The summed E-state index contributed by atoms with van der Waals surface area (Å²) in [5.41, 5.74) is 8.90. The standard InChI is InChI=1S/C16H19FN2O/c1-11-4-3-5-12(8-11)15(10-18)19-13-6-7-14(17)16(9-13)20-2/h3-9,15,19H,10,18H2,1-2H3. The molecule has 0 aliphatic heterocycles. The third-order valence-electron chi connectivity index (χ3n) is 3.17. The van der Waals surface area contributed by atoms with Gasteiger partial charge in [0.1, 0.15) is 0 Å². The monoisotopic (exact) mass is 274 g/mol. The second-order valence-electron chi connectivity index (χ2n) is 4.70. The van der Waals surface area contributed by atoms with Crippen molar-refractivity contribution >= 4 is 5.69 Å². The van der Waals surface area contributed by atoms with Gasteiger partial charge in [0, 0.05) is 18.3 Å². The van der Waals surface area contributed by atoms with Crippen LogP contribution in [0.5, 0.6) is 5.75 Å². The minimum Gasteiger partial charge on any atom is -0.494 e. The quantitative estimate of drug-likeness (QED) is 0.879. The summed E-state index contributed by atoms with van der Waals surface area (Å²) in [5, 5.41) is 3.30. The highest BCUT2D eigenvalue weighted by molar-refractivity contribution is 5.50. The van der Waals surface area contributed by atoms with Crippen molar-refractivity contribution in [2.24, 2.45) is 5.73 Å². The topological polar surface area (TPSA) is 47.3 Å². The fourth-order valence-corrected chi connectivity index (χ4v) is 2.12. The van der Waals surface area contributed by atoms with Crippen LogP contribution in [0.1, 0.15) is 17.2 Å². The van der Waals surface area contributed by atoms with Crippen molar-refractivity contribution in [1.82, 2.24) is 0 Å². The van der Waals surface area contributed by atoms with Crippen LogP contribution >= 0.6 is 0 Å². The van der Waals surface area contributed by atoms with Crippen LogP contribution in [0.25, 0.3) is 0 Å². The number of aryl methyl sites for hydroxylation is 1. The summed E-state index contributed by atoms with van der Waals surface area (Å²) in [6, 6.07) is 12.8. The second kappa shape index (κ2) is 6.39. The van der Waals surface area contributed by atoms with E-state index in [1.807, 2.05) is 25.1 Å². The van der Waals surface area contributed by atoms with Crippen LogP contribution in [-0.2, 0) is 0 Å². The average Bonchev–Trinajstić information content (AvgIpc) is 2.46. The number of hydrogen-bond donors (Lipinski definition) is 2. The Labute approximate surface area is 118 Å². The molecule has 0 radical (unpaired) electrons. The number of ether oxygens (including phenoxy) is 1. The highest BCUT2D eigenvalue weighted by atomic mass is 19.1. The van der Waals surface area contributed by atoms with Gasteiger partial charge >= 0.3 is 0 Å². The molecular weight excluding hydrogens is 255 g/mol. The average molecular weight is 274 g/mol. The van der Waals surface area contributed by atoms with Gasteiger partial charge in [-0.3, -0.25) is 0 Å². The predicted octanol–water partition coefficient (Wildman–Crippen LogP) is 3.25. The van der Waals surface area contributed by atoms with E-state index < -0.39 is 0 Å². The zero-order chi connectivity index (χ0) is 14.5. The molecular formula is C16H19FN2O. The first-order valence-corrected chi connectivity index (χ1v) is 6.50. The number of methoxy groups -OCH3 is 1. The van der Waals surface area contributed by atoms with Gasteiger partial charge in [0.05, 0.1) is 13.2 Å². The summed E-state index contributed by atoms with van der Waals surface area (Å²) < 4.78 is 18.4. The zero-order valence-corrected chi connectivity index (χ0v) is 11.7. The van der Waals surface area contributed by atoms with Crippen LogP contribution in [-0.4, -0.2) is 13.7 Å². The summed E-state index contributed by atoms with van der Waals surface area (Å²) >= 11 is 0.